The molecule has 0 saturated heterocycles. The quantitative estimate of drug-likeness (QED) is 0.506. The molecule has 0 aromatic heterocycles. The van der Waals surface area contributed by atoms with E-state index in [-0.39, 0.29) is 11.1 Å². The molecule has 0 amide bonds. The van der Waals surface area contributed by atoms with E-state index in [2.05, 4.69) is 0 Å². The lowest BCUT2D eigenvalue weighted by molar-refractivity contribution is -0.180. The van der Waals surface area contributed by atoms with Crippen molar-refractivity contribution in [3.8, 4) is 0 Å². The minimum absolute atomic E-state index is 0.0726. The van der Waals surface area contributed by atoms with Crippen molar-refractivity contribution in [1.29, 1.82) is 0 Å². The first-order chi connectivity index (χ1) is 10.2. The van der Waals surface area contributed by atoms with E-state index in [1.54, 1.807) is 0 Å². The van der Waals surface area contributed by atoms with E-state index in [0.717, 1.165) is 45.0 Å². The van der Waals surface area contributed by atoms with E-state index in [1.807, 2.05) is 0 Å². The van der Waals surface area contributed by atoms with Crippen molar-refractivity contribution < 1.29 is 31.1 Å². The third kappa shape index (κ3) is 4.19. The van der Waals surface area contributed by atoms with Crippen molar-refractivity contribution in [2.24, 2.45) is 5.92 Å². The van der Waals surface area contributed by atoms with Gasteiger partial charge in [0.1, 0.15) is 0 Å². The zero-order chi connectivity index (χ0) is 18.2. The maximum atomic E-state index is 13.0. The third-order valence-electron chi connectivity index (χ3n) is 3.96. The molecule has 23 heavy (non-hydrogen) atoms. The second kappa shape index (κ2) is 6.34. The normalized spacial score (nSPS) is 16.1. The average Bonchev–Trinajstić information content (AvgIpc) is 2.36. The van der Waals surface area contributed by atoms with E-state index < -0.39 is 34.8 Å². The lowest BCUT2D eigenvalue weighted by atomic mass is 9.81. The summed E-state index contributed by atoms with van der Waals surface area (Å²) in [5.74, 6) is -3.71. The van der Waals surface area contributed by atoms with Crippen molar-refractivity contribution in [1.82, 2.24) is 0 Å². The van der Waals surface area contributed by atoms with Crippen molar-refractivity contribution in [3.63, 3.8) is 0 Å². The highest BCUT2D eigenvalue weighted by molar-refractivity contribution is 6.64. The first-order valence-electron chi connectivity index (χ1n) is 6.63. The molecule has 0 heterocycles. The fourth-order valence-corrected chi connectivity index (χ4v) is 2.39. The Labute approximate surface area is 134 Å². The lowest BCUT2D eigenvalue weighted by Gasteiger charge is -2.29. The Morgan fingerprint density at radius 1 is 1.00 bits per heavy atom. The fourth-order valence-electron chi connectivity index (χ4n) is 2.08. The summed E-state index contributed by atoms with van der Waals surface area (Å²) in [6.45, 7) is 2.73. The van der Waals surface area contributed by atoms with Gasteiger partial charge in [-0.3, -0.25) is 4.79 Å². The molecule has 1 aromatic carbocycles. The molecule has 2 unspecified atom stereocenters. The van der Waals surface area contributed by atoms with Gasteiger partial charge in [0.15, 0.2) is 0 Å². The summed E-state index contributed by atoms with van der Waals surface area (Å²) < 4.78 is 77.3. The van der Waals surface area contributed by atoms with E-state index >= 15 is 0 Å². The monoisotopic (exact) mass is 360 g/mol. The second-order valence-electron chi connectivity index (χ2n) is 5.86. The second-order valence-corrected chi connectivity index (χ2v) is 6.23. The standard InChI is InChI=1S/C15H15ClF6O/c1-8(14(17,18)19)11(12(16)23)9-4-6-10(7-5-9)13(2,3)15(20,21)22/h4-8,11H,1-3H3. The number of hydrogen-bond acceptors (Lipinski definition) is 1. The van der Waals surface area contributed by atoms with Crippen molar-refractivity contribution in [2.45, 2.75) is 44.5 Å². The van der Waals surface area contributed by atoms with E-state index in [9.17, 15) is 31.1 Å². The van der Waals surface area contributed by atoms with Crippen LogP contribution < -0.4 is 0 Å². The predicted octanol–water partition coefficient (Wildman–Crippen LogP) is 5.57. The van der Waals surface area contributed by atoms with Crippen molar-refractivity contribution in [3.05, 3.63) is 35.4 Å². The van der Waals surface area contributed by atoms with E-state index in [1.165, 1.54) is 0 Å². The minimum atomic E-state index is -4.65. The van der Waals surface area contributed by atoms with Crippen molar-refractivity contribution >= 4 is 16.8 Å². The number of carbonyl (C=O) groups is 1. The summed E-state index contributed by atoms with van der Waals surface area (Å²) in [7, 11) is 0. The number of rotatable bonds is 4. The van der Waals surface area contributed by atoms with Crippen molar-refractivity contribution in [2.75, 3.05) is 0 Å². The summed E-state index contributed by atoms with van der Waals surface area (Å²) in [4.78, 5) is 11.4. The fraction of sp³-hybridized carbons (Fsp3) is 0.533. The van der Waals surface area contributed by atoms with E-state index in [4.69, 9.17) is 11.6 Å². The van der Waals surface area contributed by atoms with Gasteiger partial charge in [0.2, 0.25) is 5.24 Å². The van der Waals surface area contributed by atoms with E-state index in [0.29, 0.717) is 0 Å². The van der Waals surface area contributed by atoms with Crippen LogP contribution in [-0.2, 0) is 10.2 Å². The number of carbonyl (C=O) groups excluding carboxylic acids is 1. The molecule has 0 bridgehead atoms. The van der Waals surface area contributed by atoms with Crippen LogP contribution in [0.25, 0.3) is 0 Å². The molecule has 1 aromatic rings. The number of hydrogen-bond donors (Lipinski definition) is 0. The molecule has 0 radical (unpaired) electrons. The van der Waals surface area contributed by atoms with Gasteiger partial charge in [-0.2, -0.15) is 26.3 Å². The van der Waals surface area contributed by atoms with Crippen LogP contribution in [0.4, 0.5) is 26.3 Å². The van der Waals surface area contributed by atoms with Gasteiger partial charge in [-0.15, -0.1) is 0 Å². The molecule has 1 nitrogen and oxygen atoms in total. The number of halogens is 7. The molecule has 0 saturated carbocycles. The predicted molar refractivity (Wildman–Crippen MR) is 74.3 cm³/mol. The minimum Gasteiger partial charge on any atom is -0.281 e. The van der Waals surface area contributed by atoms with Crippen LogP contribution in [0.3, 0.4) is 0 Å². The summed E-state index contributed by atoms with van der Waals surface area (Å²) in [5.41, 5.74) is -2.35. The van der Waals surface area contributed by atoms with Crippen LogP contribution in [-0.4, -0.2) is 17.6 Å². The Morgan fingerprint density at radius 2 is 1.43 bits per heavy atom. The molecule has 0 spiro atoms. The average molecular weight is 361 g/mol. The number of benzene rings is 1. The molecule has 1 rings (SSSR count). The number of alkyl halides is 6. The Hall–Kier alpha value is -1.24. The molecular formula is C15H15ClF6O. The zero-order valence-corrected chi connectivity index (χ0v) is 13.3. The summed E-state index contributed by atoms with van der Waals surface area (Å²) in [5, 5.41) is -1.21. The van der Waals surface area contributed by atoms with Gasteiger partial charge in [0.25, 0.3) is 0 Å². The maximum Gasteiger partial charge on any atom is 0.397 e. The van der Waals surface area contributed by atoms with Gasteiger partial charge in [-0.1, -0.05) is 31.2 Å². The first-order valence-corrected chi connectivity index (χ1v) is 7.00. The molecule has 2 atom stereocenters. The molecule has 0 aliphatic rings. The SMILES string of the molecule is CC(C(C(=O)Cl)c1ccc(C(C)(C)C(F)(F)F)cc1)C(F)(F)F. The highest BCUT2D eigenvalue weighted by Crippen LogP contribution is 2.42. The van der Waals surface area contributed by atoms with Crippen LogP contribution in [0.5, 0.6) is 0 Å². The topological polar surface area (TPSA) is 17.1 Å². The van der Waals surface area contributed by atoms with Crippen LogP contribution in [0, 0.1) is 5.92 Å². The summed E-state index contributed by atoms with van der Waals surface area (Å²) in [6, 6.07) is 4.30. The largest absolute Gasteiger partial charge is 0.397 e. The zero-order valence-electron chi connectivity index (χ0n) is 12.5. The highest BCUT2D eigenvalue weighted by atomic mass is 35.5. The molecular weight excluding hydrogens is 346 g/mol. The molecule has 0 N–H and O–H groups in total. The third-order valence-corrected chi connectivity index (χ3v) is 4.20. The lowest BCUT2D eigenvalue weighted by Crippen LogP contribution is -2.36. The molecule has 8 heteroatoms. The van der Waals surface area contributed by atoms with Gasteiger partial charge < -0.3 is 0 Å². The van der Waals surface area contributed by atoms with Crippen LogP contribution >= 0.6 is 11.6 Å². The summed E-state index contributed by atoms with van der Waals surface area (Å²) in [6.07, 6.45) is -9.17. The Bertz CT molecular complexity index is 559. The van der Waals surface area contributed by atoms with Crippen LogP contribution in [0.15, 0.2) is 24.3 Å². The van der Waals surface area contributed by atoms with Crippen LogP contribution in [0.1, 0.15) is 37.8 Å². The Kier molecular flexibility index (Phi) is 5.46. The van der Waals surface area contributed by atoms with Gasteiger partial charge in [0.05, 0.1) is 17.3 Å². The molecule has 0 fully saturated rings. The van der Waals surface area contributed by atoms with Gasteiger partial charge in [-0.25, -0.2) is 0 Å². The smallest absolute Gasteiger partial charge is 0.281 e. The Balaban J connectivity index is 3.23. The van der Waals surface area contributed by atoms with Crippen LogP contribution in [0.2, 0.25) is 0 Å². The molecule has 0 aliphatic heterocycles. The highest BCUT2D eigenvalue weighted by Gasteiger charge is 2.49. The molecule has 130 valence electrons. The van der Waals surface area contributed by atoms with Gasteiger partial charge in [-0.05, 0) is 36.6 Å². The Morgan fingerprint density at radius 3 is 1.74 bits per heavy atom. The summed E-state index contributed by atoms with van der Waals surface area (Å²) >= 11 is 5.26. The van der Waals surface area contributed by atoms with Gasteiger partial charge >= 0.3 is 12.4 Å². The maximum absolute atomic E-state index is 13.0. The first kappa shape index (κ1) is 19.8. The van der Waals surface area contributed by atoms with Gasteiger partial charge in [0, 0.05) is 0 Å². The molecule has 0 aliphatic carbocycles.